The minimum atomic E-state index is -0.0234. The first kappa shape index (κ1) is 16.1. The Morgan fingerprint density at radius 2 is 2.26 bits per heavy atom. The second kappa shape index (κ2) is 7.18. The lowest BCUT2D eigenvalue weighted by Crippen LogP contribution is -2.46. The van der Waals surface area contributed by atoms with E-state index in [1.807, 2.05) is 24.7 Å². The van der Waals surface area contributed by atoms with E-state index in [-0.39, 0.29) is 5.91 Å². The van der Waals surface area contributed by atoms with Gasteiger partial charge in [-0.15, -0.1) is 10.2 Å². The van der Waals surface area contributed by atoms with Gasteiger partial charge in [0.2, 0.25) is 11.0 Å². The number of aryl methyl sites for hydroxylation is 2. The van der Waals surface area contributed by atoms with Crippen molar-refractivity contribution in [3.05, 3.63) is 23.0 Å². The standard InChI is InChI=1S/C15H22N6OS/c1-11-7-16-21(8-11)9-13-5-3-4-6-20(13)10-14(22)17-15-19-18-12(2)23-15/h7-8,13H,3-6,9-10H2,1-2H3,(H,17,19,22). The Morgan fingerprint density at radius 3 is 2.96 bits per heavy atom. The molecule has 0 aromatic carbocycles. The Kier molecular flexibility index (Phi) is 5.02. The van der Waals surface area contributed by atoms with E-state index in [0.717, 1.165) is 36.5 Å². The van der Waals surface area contributed by atoms with Crippen molar-refractivity contribution in [1.29, 1.82) is 0 Å². The maximum atomic E-state index is 12.3. The van der Waals surface area contributed by atoms with Gasteiger partial charge in [0.25, 0.3) is 0 Å². The third kappa shape index (κ3) is 4.35. The normalized spacial score (nSPS) is 19.0. The molecular weight excluding hydrogens is 312 g/mol. The zero-order valence-electron chi connectivity index (χ0n) is 13.5. The third-order valence-corrected chi connectivity index (χ3v) is 4.78. The highest BCUT2D eigenvalue weighted by atomic mass is 32.1. The molecule has 3 heterocycles. The van der Waals surface area contributed by atoms with E-state index in [1.165, 1.54) is 17.8 Å². The zero-order chi connectivity index (χ0) is 16.2. The third-order valence-electron chi connectivity index (χ3n) is 4.03. The molecule has 2 aromatic rings. The van der Waals surface area contributed by atoms with Crippen LogP contribution in [0.15, 0.2) is 12.4 Å². The molecule has 1 N–H and O–H groups in total. The molecule has 23 heavy (non-hydrogen) atoms. The number of hydrogen-bond acceptors (Lipinski definition) is 6. The van der Waals surface area contributed by atoms with Crippen molar-refractivity contribution in [2.24, 2.45) is 0 Å². The van der Waals surface area contributed by atoms with Crippen LogP contribution < -0.4 is 5.32 Å². The van der Waals surface area contributed by atoms with Crippen molar-refractivity contribution in [3.63, 3.8) is 0 Å². The number of anilines is 1. The first-order chi connectivity index (χ1) is 11.1. The Labute approximate surface area is 139 Å². The number of piperidine rings is 1. The summed E-state index contributed by atoms with van der Waals surface area (Å²) in [5.41, 5.74) is 1.16. The van der Waals surface area contributed by atoms with Gasteiger partial charge in [-0.2, -0.15) is 5.10 Å². The summed E-state index contributed by atoms with van der Waals surface area (Å²) in [5.74, 6) is -0.0234. The molecule has 124 valence electrons. The van der Waals surface area contributed by atoms with Gasteiger partial charge in [-0.1, -0.05) is 17.8 Å². The van der Waals surface area contributed by atoms with Gasteiger partial charge in [-0.25, -0.2) is 0 Å². The second-order valence-electron chi connectivity index (χ2n) is 6.03. The minimum absolute atomic E-state index is 0.0234. The molecule has 0 aliphatic carbocycles. The summed E-state index contributed by atoms with van der Waals surface area (Å²) in [5, 5.41) is 16.5. The molecule has 8 heteroatoms. The van der Waals surface area contributed by atoms with Crippen LogP contribution in [0.5, 0.6) is 0 Å². The molecule has 0 bridgehead atoms. The van der Waals surface area contributed by atoms with Crippen LogP contribution in [0.1, 0.15) is 29.8 Å². The van der Waals surface area contributed by atoms with Crippen LogP contribution in [0.4, 0.5) is 5.13 Å². The predicted molar refractivity (Wildman–Crippen MR) is 89.5 cm³/mol. The SMILES string of the molecule is Cc1cnn(CC2CCCCN2CC(=O)Nc2nnc(C)s2)c1. The van der Waals surface area contributed by atoms with Crippen molar-refractivity contribution in [3.8, 4) is 0 Å². The van der Waals surface area contributed by atoms with Crippen molar-refractivity contribution in [1.82, 2.24) is 24.9 Å². The molecule has 1 saturated heterocycles. The molecule has 2 aromatic heterocycles. The topological polar surface area (TPSA) is 75.9 Å². The molecule has 1 aliphatic heterocycles. The summed E-state index contributed by atoms with van der Waals surface area (Å²) in [7, 11) is 0. The average Bonchev–Trinajstić information content (AvgIpc) is 3.10. The zero-order valence-corrected chi connectivity index (χ0v) is 14.3. The minimum Gasteiger partial charge on any atom is -0.299 e. The lowest BCUT2D eigenvalue weighted by Gasteiger charge is -2.35. The highest BCUT2D eigenvalue weighted by Gasteiger charge is 2.25. The summed E-state index contributed by atoms with van der Waals surface area (Å²) in [6.07, 6.45) is 7.37. The molecular formula is C15H22N6OS. The van der Waals surface area contributed by atoms with Crippen LogP contribution in [-0.2, 0) is 11.3 Å². The van der Waals surface area contributed by atoms with Crippen LogP contribution >= 0.6 is 11.3 Å². The van der Waals surface area contributed by atoms with Gasteiger partial charge in [0.05, 0.1) is 19.3 Å². The van der Waals surface area contributed by atoms with Crippen LogP contribution in [0.3, 0.4) is 0 Å². The molecule has 3 rings (SSSR count). The fourth-order valence-corrected chi connectivity index (χ4v) is 3.56. The Hall–Kier alpha value is -1.80. The number of likely N-dealkylation sites (tertiary alicyclic amines) is 1. The van der Waals surface area contributed by atoms with E-state index in [4.69, 9.17) is 0 Å². The largest absolute Gasteiger partial charge is 0.299 e. The number of nitrogens with zero attached hydrogens (tertiary/aromatic N) is 5. The van der Waals surface area contributed by atoms with E-state index in [1.54, 1.807) is 0 Å². The summed E-state index contributed by atoms with van der Waals surface area (Å²) < 4.78 is 1.98. The van der Waals surface area contributed by atoms with Gasteiger partial charge < -0.3 is 0 Å². The Bertz CT molecular complexity index is 666. The summed E-state index contributed by atoms with van der Waals surface area (Å²) >= 11 is 1.40. The second-order valence-corrected chi connectivity index (χ2v) is 7.22. The fourth-order valence-electron chi connectivity index (χ4n) is 2.95. The van der Waals surface area contributed by atoms with Crippen molar-refractivity contribution in [2.75, 3.05) is 18.4 Å². The predicted octanol–water partition coefficient (Wildman–Crippen LogP) is 1.84. The number of amides is 1. The van der Waals surface area contributed by atoms with Gasteiger partial charge in [0.1, 0.15) is 5.01 Å². The van der Waals surface area contributed by atoms with Gasteiger partial charge in [-0.3, -0.25) is 19.7 Å². The van der Waals surface area contributed by atoms with Crippen molar-refractivity contribution in [2.45, 2.75) is 45.7 Å². The molecule has 1 unspecified atom stereocenters. The van der Waals surface area contributed by atoms with E-state index in [2.05, 4.69) is 31.7 Å². The smallest absolute Gasteiger partial charge is 0.240 e. The molecule has 0 spiro atoms. The molecule has 7 nitrogen and oxygen atoms in total. The summed E-state index contributed by atoms with van der Waals surface area (Å²) in [4.78, 5) is 14.5. The quantitative estimate of drug-likeness (QED) is 0.903. The molecule has 0 radical (unpaired) electrons. The van der Waals surface area contributed by atoms with Crippen LogP contribution in [0, 0.1) is 13.8 Å². The number of hydrogen-bond donors (Lipinski definition) is 1. The number of aromatic nitrogens is 4. The van der Waals surface area contributed by atoms with Gasteiger partial charge in [-0.05, 0) is 38.8 Å². The van der Waals surface area contributed by atoms with E-state index >= 15 is 0 Å². The van der Waals surface area contributed by atoms with Crippen LogP contribution in [0.25, 0.3) is 0 Å². The highest BCUT2D eigenvalue weighted by molar-refractivity contribution is 7.15. The van der Waals surface area contributed by atoms with Crippen molar-refractivity contribution >= 4 is 22.4 Å². The number of carbonyl (C=O) groups excluding carboxylic acids is 1. The van der Waals surface area contributed by atoms with E-state index in [0.29, 0.717) is 17.7 Å². The molecule has 1 aliphatic rings. The van der Waals surface area contributed by atoms with E-state index < -0.39 is 0 Å². The monoisotopic (exact) mass is 334 g/mol. The molecule has 1 amide bonds. The van der Waals surface area contributed by atoms with Crippen LogP contribution in [0.2, 0.25) is 0 Å². The van der Waals surface area contributed by atoms with Gasteiger partial charge in [0.15, 0.2) is 0 Å². The van der Waals surface area contributed by atoms with Gasteiger partial charge >= 0.3 is 0 Å². The molecule has 1 atom stereocenters. The molecule has 0 saturated carbocycles. The molecule has 1 fully saturated rings. The average molecular weight is 334 g/mol. The fraction of sp³-hybridized carbons (Fsp3) is 0.600. The van der Waals surface area contributed by atoms with Crippen LogP contribution in [-0.4, -0.2) is 49.9 Å². The number of rotatable bonds is 5. The van der Waals surface area contributed by atoms with E-state index in [9.17, 15) is 4.79 Å². The lowest BCUT2D eigenvalue weighted by molar-refractivity contribution is -0.118. The maximum absolute atomic E-state index is 12.3. The summed E-state index contributed by atoms with van der Waals surface area (Å²) in [6.45, 7) is 6.09. The Morgan fingerprint density at radius 1 is 1.39 bits per heavy atom. The van der Waals surface area contributed by atoms with Crippen molar-refractivity contribution < 1.29 is 4.79 Å². The Balaban J connectivity index is 1.58. The maximum Gasteiger partial charge on any atom is 0.240 e. The first-order valence-electron chi connectivity index (χ1n) is 7.93. The lowest BCUT2D eigenvalue weighted by atomic mass is 10.0. The highest BCUT2D eigenvalue weighted by Crippen LogP contribution is 2.19. The van der Waals surface area contributed by atoms with Gasteiger partial charge in [0, 0.05) is 12.2 Å². The first-order valence-corrected chi connectivity index (χ1v) is 8.75. The summed E-state index contributed by atoms with van der Waals surface area (Å²) in [6, 6.07) is 0.352. The number of nitrogens with one attached hydrogen (secondary N) is 1. The number of carbonyl (C=O) groups is 1.